The van der Waals surface area contributed by atoms with E-state index in [0.717, 1.165) is 6.92 Å². The zero-order chi connectivity index (χ0) is 10.2. The molecule has 0 aromatic carbocycles. The molecule has 0 saturated heterocycles. The first-order chi connectivity index (χ1) is 5.33. The molecular weight excluding hydrogens is 199 g/mol. The Bertz CT molecular complexity index is 127. The lowest BCUT2D eigenvalue weighted by Gasteiger charge is -1.96. The van der Waals surface area contributed by atoms with E-state index in [9.17, 15) is 22.0 Å². The molecule has 0 rings (SSSR count). The Kier molecular flexibility index (Phi) is 12.8. The molecule has 82 valence electrons. The SMILES string of the molecule is C.CCC(F)(F)F.OOC=C(F)F. The molecule has 0 aromatic heterocycles. The van der Waals surface area contributed by atoms with Crippen LogP contribution in [0.2, 0.25) is 0 Å². The number of alkyl halides is 3. The van der Waals surface area contributed by atoms with E-state index in [1.807, 2.05) is 0 Å². The van der Waals surface area contributed by atoms with Crippen molar-refractivity contribution in [3.63, 3.8) is 0 Å². The average molecular weight is 210 g/mol. The first-order valence-electron chi connectivity index (χ1n) is 2.71. The van der Waals surface area contributed by atoms with Crippen LogP contribution in [0.5, 0.6) is 0 Å². The fourth-order valence-corrected chi connectivity index (χ4v) is 0.0398. The Morgan fingerprint density at radius 2 is 1.69 bits per heavy atom. The van der Waals surface area contributed by atoms with E-state index in [1.165, 1.54) is 0 Å². The Balaban J connectivity index is -0.000000143. The molecule has 13 heavy (non-hydrogen) atoms. The molecule has 0 atom stereocenters. The predicted octanol–water partition coefficient (Wildman–Crippen LogP) is 3.81. The fraction of sp³-hybridized carbons (Fsp3) is 0.667. The van der Waals surface area contributed by atoms with Crippen molar-refractivity contribution in [2.24, 2.45) is 0 Å². The molecule has 0 unspecified atom stereocenters. The topological polar surface area (TPSA) is 29.5 Å². The van der Waals surface area contributed by atoms with Crippen LogP contribution >= 0.6 is 0 Å². The summed E-state index contributed by atoms with van der Waals surface area (Å²) in [5, 5.41) is 7.18. The van der Waals surface area contributed by atoms with Crippen LogP contribution in [0.15, 0.2) is 12.3 Å². The lowest BCUT2D eigenvalue weighted by Crippen LogP contribution is -2.02. The molecule has 0 heterocycles. The molecule has 0 aliphatic heterocycles. The van der Waals surface area contributed by atoms with Crippen molar-refractivity contribution in [1.82, 2.24) is 0 Å². The van der Waals surface area contributed by atoms with Crippen molar-refractivity contribution in [1.29, 1.82) is 0 Å². The van der Waals surface area contributed by atoms with Gasteiger partial charge in [0.25, 0.3) is 0 Å². The van der Waals surface area contributed by atoms with Crippen LogP contribution in [0, 0.1) is 0 Å². The molecule has 0 aliphatic carbocycles. The summed E-state index contributed by atoms with van der Waals surface area (Å²) in [7, 11) is 0. The fourth-order valence-electron chi connectivity index (χ4n) is 0.0398. The highest BCUT2D eigenvalue weighted by molar-refractivity contribution is 4.67. The van der Waals surface area contributed by atoms with Gasteiger partial charge in [0.1, 0.15) is 0 Å². The molecular formula is C6H11F5O2. The third kappa shape index (κ3) is 35.2. The van der Waals surface area contributed by atoms with Gasteiger partial charge >= 0.3 is 12.3 Å². The Hall–Kier alpha value is -0.850. The van der Waals surface area contributed by atoms with Crippen molar-refractivity contribution in [2.75, 3.05) is 0 Å². The standard InChI is InChI=1S/C3H5F3.C2H2F2O2.CH4/c1-2-3(4,5)6;3-2(4)1-6-5;/h2H2,1H3;1,5H;1H4. The Morgan fingerprint density at radius 1 is 1.38 bits per heavy atom. The van der Waals surface area contributed by atoms with Gasteiger partial charge in [-0.2, -0.15) is 22.0 Å². The van der Waals surface area contributed by atoms with Crippen LogP contribution in [-0.2, 0) is 4.89 Å². The van der Waals surface area contributed by atoms with Crippen LogP contribution in [0.4, 0.5) is 22.0 Å². The number of rotatable bonds is 1. The maximum absolute atomic E-state index is 10.8. The predicted molar refractivity (Wildman–Crippen MR) is 37.1 cm³/mol. The molecule has 0 bridgehead atoms. The van der Waals surface area contributed by atoms with Gasteiger partial charge in [-0.05, 0) is 0 Å². The highest BCUT2D eigenvalue weighted by atomic mass is 19.4. The van der Waals surface area contributed by atoms with Crippen LogP contribution in [-0.4, -0.2) is 11.4 Å². The summed E-state index contributed by atoms with van der Waals surface area (Å²) in [6.07, 6.45) is -6.81. The molecule has 0 aromatic rings. The summed E-state index contributed by atoms with van der Waals surface area (Å²) in [6, 6.07) is 0. The molecule has 0 fully saturated rings. The average Bonchev–Trinajstić information content (AvgIpc) is 1.87. The quantitative estimate of drug-likeness (QED) is 0.308. The summed E-state index contributed by atoms with van der Waals surface area (Å²) in [5.41, 5.74) is 0. The first-order valence-corrected chi connectivity index (χ1v) is 2.71. The zero-order valence-electron chi connectivity index (χ0n) is 6.03. The minimum absolute atomic E-state index is 0. The van der Waals surface area contributed by atoms with E-state index in [0.29, 0.717) is 0 Å². The minimum atomic E-state index is -3.96. The van der Waals surface area contributed by atoms with Gasteiger partial charge < -0.3 is 4.89 Å². The summed E-state index contributed by atoms with van der Waals surface area (Å²) in [5.74, 6) is 0. The maximum Gasteiger partial charge on any atom is 0.388 e. The molecule has 0 saturated carbocycles. The van der Waals surface area contributed by atoms with Crippen LogP contribution in [0.3, 0.4) is 0 Å². The molecule has 2 nitrogen and oxygen atoms in total. The van der Waals surface area contributed by atoms with Crippen molar-refractivity contribution < 1.29 is 32.1 Å². The van der Waals surface area contributed by atoms with Crippen molar-refractivity contribution in [3.05, 3.63) is 12.3 Å². The second-order valence-electron chi connectivity index (χ2n) is 1.48. The largest absolute Gasteiger partial charge is 0.388 e. The van der Waals surface area contributed by atoms with Crippen molar-refractivity contribution in [2.45, 2.75) is 26.9 Å². The lowest BCUT2D eigenvalue weighted by molar-refractivity contribution is -0.189. The normalized spacial score (nSPS) is 8.85. The molecule has 1 N–H and O–H groups in total. The van der Waals surface area contributed by atoms with E-state index in [4.69, 9.17) is 5.26 Å². The second kappa shape index (κ2) is 9.24. The highest BCUT2D eigenvalue weighted by Gasteiger charge is 2.22. The van der Waals surface area contributed by atoms with Gasteiger partial charge in [0.05, 0.1) is 0 Å². The smallest absolute Gasteiger partial charge is 0.342 e. The lowest BCUT2D eigenvalue weighted by atomic mass is 10.5. The summed E-state index contributed by atoms with van der Waals surface area (Å²) in [4.78, 5) is 2.89. The highest BCUT2D eigenvalue weighted by Crippen LogP contribution is 2.17. The van der Waals surface area contributed by atoms with Gasteiger partial charge in [-0.15, -0.1) is 0 Å². The van der Waals surface area contributed by atoms with Crippen molar-refractivity contribution >= 4 is 0 Å². The Labute approximate surface area is 72.6 Å². The summed E-state index contributed by atoms with van der Waals surface area (Å²) < 4.78 is 53.6. The monoisotopic (exact) mass is 210 g/mol. The van der Waals surface area contributed by atoms with Crippen LogP contribution in [0.1, 0.15) is 20.8 Å². The van der Waals surface area contributed by atoms with E-state index in [-0.39, 0.29) is 13.7 Å². The zero-order valence-corrected chi connectivity index (χ0v) is 6.03. The number of hydrogen-bond donors (Lipinski definition) is 1. The van der Waals surface area contributed by atoms with E-state index >= 15 is 0 Å². The number of hydrogen-bond acceptors (Lipinski definition) is 2. The van der Waals surface area contributed by atoms with E-state index in [1.54, 1.807) is 0 Å². The van der Waals surface area contributed by atoms with Crippen LogP contribution < -0.4 is 0 Å². The first kappa shape index (κ1) is 18.0. The second-order valence-corrected chi connectivity index (χ2v) is 1.48. The van der Waals surface area contributed by atoms with Gasteiger partial charge in [-0.1, -0.05) is 14.4 Å². The van der Waals surface area contributed by atoms with E-state index in [2.05, 4.69) is 4.89 Å². The third-order valence-corrected chi connectivity index (χ3v) is 0.543. The number of halogens is 5. The van der Waals surface area contributed by atoms with Gasteiger partial charge in [-0.25, -0.2) is 5.26 Å². The molecule has 0 aliphatic rings. The van der Waals surface area contributed by atoms with Gasteiger partial charge in [-0.3, -0.25) is 0 Å². The molecule has 7 heteroatoms. The molecule has 0 amide bonds. The van der Waals surface area contributed by atoms with Gasteiger partial charge in [0.2, 0.25) is 0 Å². The minimum Gasteiger partial charge on any atom is -0.342 e. The van der Waals surface area contributed by atoms with Gasteiger partial charge in [0.15, 0.2) is 6.26 Å². The molecule has 0 radical (unpaired) electrons. The Morgan fingerprint density at radius 3 is 1.69 bits per heavy atom. The summed E-state index contributed by atoms with van der Waals surface area (Å²) in [6.45, 7) is 1.08. The van der Waals surface area contributed by atoms with Gasteiger partial charge in [0, 0.05) is 6.42 Å². The van der Waals surface area contributed by atoms with E-state index < -0.39 is 18.7 Å². The summed E-state index contributed by atoms with van der Waals surface area (Å²) >= 11 is 0. The maximum atomic E-state index is 10.8. The molecule has 0 spiro atoms. The van der Waals surface area contributed by atoms with Crippen molar-refractivity contribution in [3.8, 4) is 0 Å². The van der Waals surface area contributed by atoms with Crippen LogP contribution in [0.25, 0.3) is 0 Å². The third-order valence-electron chi connectivity index (χ3n) is 0.543.